The average molecular weight is 279 g/mol. The van der Waals surface area contributed by atoms with Gasteiger partial charge in [-0.2, -0.15) is 0 Å². The Bertz CT molecular complexity index is 279. The van der Waals surface area contributed by atoms with E-state index in [-0.39, 0.29) is 12.6 Å². The van der Waals surface area contributed by atoms with Gasteiger partial charge in [0.05, 0.1) is 16.2 Å². The first-order valence-electron chi connectivity index (χ1n) is 3.42. The summed E-state index contributed by atoms with van der Waals surface area (Å²) in [7, 11) is 0. The van der Waals surface area contributed by atoms with Crippen LogP contribution in [0.25, 0.3) is 0 Å². The lowest BCUT2D eigenvalue weighted by atomic mass is 10.1. The van der Waals surface area contributed by atoms with Gasteiger partial charge < -0.3 is 16.6 Å². The maximum atomic E-state index is 8.76. The summed E-state index contributed by atoms with van der Waals surface area (Å²) in [6.07, 6.45) is 1.58. The Labute approximate surface area is 84.1 Å². The van der Waals surface area contributed by atoms with Crippen molar-refractivity contribution in [1.29, 1.82) is 0 Å². The summed E-state index contributed by atoms with van der Waals surface area (Å²) < 4.78 is 0.856. The Kier molecular flexibility index (Phi) is 3.24. The van der Waals surface area contributed by atoms with E-state index in [1.54, 1.807) is 6.20 Å². The number of hydrogen-bond donors (Lipinski definition) is 3. The smallest absolute Gasteiger partial charge is 0.136 e. The second-order valence-electron chi connectivity index (χ2n) is 2.42. The molecule has 0 radical (unpaired) electrons. The summed E-state index contributed by atoms with van der Waals surface area (Å²) in [5.41, 5.74) is 11.9. The Balaban J connectivity index is 2.96. The van der Waals surface area contributed by atoms with E-state index in [0.29, 0.717) is 5.82 Å². The minimum atomic E-state index is -0.369. The first kappa shape index (κ1) is 9.69. The third-order valence-corrected chi connectivity index (χ3v) is 2.38. The summed E-state index contributed by atoms with van der Waals surface area (Å²) in [5, 5.41) is 8.76. The van der Waals surface area contributed by atoms with Crippen LogP contribution in [0.5, 0.6) is 0 Å². The number of halogens is 1. The average Bonchev–Trinajstić information content (AvgIpc) is 2.08. The van der Waals surface area contributed by atoms with Crippen LogP contribution < -0.4 is 11.5 Å². The Morgan fingerprint density at radius 3 is 2.83 bits per heavy atom. The zero-order chi connectivity index (χ0) is 9.14. The van der Waals surface area contributed by atoms with Gasteiger partial charge in [-0.3, -0.25) is 0 Å². The van der Waals surface area contributed by atoms with Gasteiger partial charge in [-0.05, 0) is 34.2 Å². The molecule has 1 rings (SSSR count). The lowest BCUT2D eigenvalue weighted by Gasteiger charge is -2.08. The van der Waals surface area contributed by atoms with Crippen LogP contribution in [0.1, 0.15) is 11.6 Å². The highest BCUT2D eigenvalue weighted by Crippen LogP contribution is 2.16. The molecule has 0 amide bonds. The molecule has 0 saturated heterocycles. The molecule has 66 valence electrons. The van der Waals surface area contributed by atoms with E-state index in [9.17, 15) is 0 Å². The Morgan fingerprint density at radius 2 is 2.33 bits per heavy atom. The quantitative estimate of drug-likeness (QED) is 0.678. The third-order valence-electron chi connectivity index (χ3n) is 1.52. The van der Waals surface area contributed by atoms with Gasteiger partial charge in [0, 0.05) is 6.20 Å². The fourth-order valence-corrected chi connectivity index (χ4v) is 1.27. The fourth-order valence-electron chi connectivity index (χ4n) is 0.771. The molecule has 0 aliphatic carbocycles. The SMILES string of the molecule is Nc1ncc(C(N)CO)cc1I. The van der Waals surface area contributed by atoms with Crippen molar-refractivity contribution < 1.29 is 5.11 Å². The van der Waals surface area contributed by atoms with Crippen molar-refractivity contribution in [2.24, 2.45) is 5.73 Å². The molecule has 12 heavy (non-hydrogen) atoms. The van der Waals surface area contributed by atoms with E-state index < -0.39 is 0 Å². The monoisotopic (exact) mass is 279 g/mol. The molecule has 1 unspecified atom stereocenters. The molecule has 5 N–H and O–H groups in total. The molecule has 0 fully saturated rings. The molecular weight excluding hydrogens is 269 g/mol. The third kappa shape index (κ3) is 2.05. The zero-order valence-corrected chi connectivity index (χ0v) is 8.52. The highest BCUT2D eigenvalue weighted by atomic mass is 127. The summed E-state index contributed by atoms with van der Waals surface area (Å²) >= 11 is 2.07. The predicted molar refractivity (Wildman–Crippen MR) is 55.4 cm³/mol. The van der Waals surface area contributed by atoms with E-state index in [1.165, 1.54) is 0 Å². The molecular formula is C7H10IN3O. The lowest BCUT2D eigenvalue weighted by molar-refractivity contribution is 0.268. The van der Waals surface area contributed by atoms with Gasteiger partial charge in [0.25, 0.3) is 0 Å². The molecule has 0 aliphatic heterocycles. The molecule has 1 heterocycles. The predicted octanol–water partition coefficient (Wildman–Crippen LogP) is 0.260. The first-order chi connectivity index (χ1) is 5.65. The normalized spacial score (nSPS) is 12.9. The van der Waals surface area contributed by atoms with Crippen molar-refractivity contribution in [3.63, 3.8) is 0 Å². The number of pyridine rings is 1. The van der Waals surface area contributed by atoms with Crippen molar-refractivity contribution in [2.45, 2.75) is 6.04 Å². The van der Waals surface area contributed by atoms with Crippen molar-refractivity contribution in [2.75, 3.05) is 12.3 Å². The van der Waals surface area contributed by atoms with Crippen molar-refractivity contribution >= 4 is 28.4 Å². The van der Waals surface area contributed by atoms with Crippen LogP contribution in [0.3, 0.4) is 0 Å². The molecule has 0 aromatic carbocycles. The van der Waals surface area contributed by atoms with Crippen LogP contribution in [0.2, 0.25) is 0 Å². The molecule has 0 spiro atoms. The number of anilines is 1. The van der Waals surface area contributed by atoms with E-state index >= 15 is 0 Å². The van der Waals surface area contributed by atoms with Crippen LogP contribution in [-0.2, 0) is 0 Å². The largest absolute Gasteiger partial charge is 0.394 e. The maximum absolute atomic E-state index is 8.76. The van der Waals surface area contributed by atoms with Crippen molar-refractivity contribution in [1.82, 2.24) is 4.98 Å². The van der Waals surface area contributed by atoms with Gasteiger partial charge >= 0.3 is 0 Å². The first-order valence-corrected chi connectivity index (χ1v) is 4.50. The molecule has 4 nitrogen and oxygen atoms in total. The van der Waals surface area contributed by atoms with Crippen molar-refractivity contribution in [3.8, 4) is 0 Å². The molecule has 1 atom stereocenters. The number of hydrogen-bond acceptors (Lipinski definition) is 4. The van der Waals surface area contributed by atoms with Gasteiger partial charge in [-0.25, -0.2) is 4.98 Å². The molecule has 5 heteroatoms. The molecule has 0 bridgehead atoms. The van der Waals surface area contributed by atoms with Crippen LogP contribution in [-0.4, -0.2) is 16.7 Å². The minimum Gasteiger partial charge on any atom is -0.394 e. The summed E-state index contributed by atoms with van der Waals surface area (Å²) in [6.45, 7) is -0.0817. The lowest BCUT2D eigenvalue weighted by Crippen LogP contribution is -2.15. The molecule has 0 aliphatic rings. The Morgan fingerprint density at radius 1 is 1.67 bits per heavy atom. The number of nitrogens with two attached hydrogens (primary N) is 2. The van der Waals surface area contributed by atoms with E-state index in [4.69, 9.17) is 16.6 Å². The molecule has 0 saturated carbocycles. The van der Waals surface area contributed by atoms with Gasteiger partial charge in [0.1, 0.15) is 5.82 Å². The summed E-state index contributed by atoms with van der Waals surface area (Å²) in [4.78, 5) is 3.93. The molecule has 1 aromatic rings. The summed E-state index contributed by atoms with van der Waals surface area (Å²) in [5.74, 6) is 0.490. The van der Waals surface area contributed by atoms with Gasteiger partial charge in [-0.15, -0.1) is 0 Å². The number of aromatic nitrogens is 1. The maximum Gasteiger partial charge on any atom is 0.136 e. The number of aliphatic hydroxyl groups excluding tert-OH is 1. The van der Waals surface area contributed by atoms with Crippen LogP contribution in [0.15, 0.2) is 12.3 Å². The number of rotatable bonds is 2. The van der Waals surface area contributed by atoms with Crippen molar-refractivity contribution in [3.05, 3.63) is 21.4 Å². The number of aliphatic hydroxyl groups is 1. The second-order valence-corrected chi connectivity index (χ2v) is 3.59. The van der Waals surface area contributed by atoms with E-state index in [2.05, 4.69) is 27.6 Å². The highest BCUT2D eigenvalue weighted by Gasteiger charge is 2.06. The summed E-state index contributed by atoms with van der Waals surface area (Å²) in [6, 6.07) is 1.45. The van der Waals surface area contributed by atoms with E-state index in [1.807, 2.05) is 6.07 Å². The number of nitrogen functional groups attached to an aromatic ring is 1. The van der Waals surface area contributed by atoms with Crippen LogP contribution in [0, 0.1) is 3.57 Å². The fraction of sp³-hybridized carbons (Fsp3) is 0.286. The molecule has 1 aromatic heterocycles. The minimum absolute atomic E-state index is 0.0817. The highest BCUT2D eigenvalue weighted by molar-refractivity contribution is 14.1. The number of nitrogens with zero attached hydrogens (tertiary/aromatic N) is 1. The van der Waals surface area contributed by atoms with Crippen LogP contribution >= 0.6 is 22.6 Å². The topological polar surface area (TPSA) is 85.2 Å². The van der Waals surface area contributed by atoms with Crippen LogP contribution in [0.4, 0.5) is 5.82 Å². The Hall–Kier alpha value is -0.400. The zero-order valence-electron chi connectivity index (χ0n) is 6.37. The van der Waals surface area contributed by atoms with Gasteiger partial charge in [-0.1, -0.05) is 0 Å². The van der Waals surface area contributed by atoms with Gasteiger partial charge in [0.2, 0.25) is 0 Å². The standard InChI is InChI=1S/C7H10IN3O/c8-5-1-4(6(9)3-12)2-11-7(5)10/h1-2,6,12H,3,9H2,(H2,10,11). The van der Waals surface area contributed by atoms with E-state index in [0.717, 1.165) is 9.13 Å². The second kappa shape index (κ2) is 4.01. The van der Waals surface area contributed by atoms with Gasteiger partial charge in [0.15, 0.2) is 0 Å².